The zero-order chi connectivity index (χ0) is 22.9. The van der Waals surface area contributed by atoms with E-state index >= 15 is 0 Å². The molecule has 2 aromatic heterocycles. The average molecular weight is 471 g/mol. The van der Waals surface area contributed by atoms with Crippen LogP contribution < -0.4 is 10.1 Å². The molecule has 0 fully saturated rings. The molecule has 8 nitrogen and oxygen atoms in total. The van der Waals surface area contributed by atoms with Gasteiger partial charge in [-0.05, 0) is 18.2 Å². The molecule has 0 aliphatic carbocycles. The number of benzene rings is 2. The van der Waals surface area contributed by atoms with Gasteiger partial charge in [0.25, 0.3) is 0 Å². The van der Waals surface area contributed by atoms with Crippen LogP contribution in [0.2, 0.25) is 0 Å². The molecular formula is C22H22N4O4S2. The Morgan fingerprint density at radius 3 is 2.62 bits per heavy atom. The van der Waals surface area contributed by atoms with Crippen LogP contribution in [-0.4, -0.2) is 49.2 Å². The van der Waals surface area contributed by atoms with E-state index in [1.807, 2.05) is 46.3 Å². The number of rotatable bonds is 7. The number of carbonyl (C=O) groups is 1. The van der Waals surface area contributed by atoms with Gasteiger partial charge in [-0.25, -0.2) is 17.7 Å². The van der Waals surface area contributed by atoms with Crippen molar-refractivity contribution in [1.82, 2.24) is 13.7 Å². The van der Waals surface area contributed by atoms with E-state index in [1.165, 1.54) is 50.7 Å². The summed E-state index contributed by atoms with van der Waals surface area (Å²) < 4.78 is 33.2. The fourth-order valence-corrected chi connectivity index (χ4v) is 5.02. The van der Waals surface area contributed by atoms with E-state index in [-0.39, 0.29) is 17.2 Å². The van der Waals surface area contributed by atoms with Crippen molar-refractivity contribution >= 4 is 37.9 Å². The summed E-state index contributed by atoms with van der Waals surface area (Å²) >= 11 is 1.46. The molecule has 2 heterocycles. The summed E-state index contributed by atoms with van der Waals surface area (Å²) in [5, 5.41) is 4.67. The van der Waals surface area contributed by atoms with Gasteiger partial charge in [0, 0.05) is 36.9 Å². The first kappa shape index (κ1) is 22.0. The van der Waals surface area contributed by atoms with Gasteiger partial charge in [-0.1, -0.05) is 30.3 Å². The number of imidazole rings is 1. The highest BCUT2D eigenvalue weighted by Crippen LogP contribution is 2.29. The van der Waals surface area contributed by atoms with E-state index in [9.17, 15) is 13.2 Å². The lowest BCUT2D eigenvalue weighted by Crippen LogP contribution is -2.22. The summed E-state index contributed by atoms with van der Waals surface area (Å²) in [7, 11) is 0.721. The third-order valence-corrected chi connectivity index (χ3v) is 7.62. The van der Waals surface area contributed by atoms with Crippen molar-refractivity contribution < 1.29 is 17.9 Å². The van der Waals surface area contributed by atoms with Gasteiger partial charge in [-0.3, -0.25) is 9.20 Å². The molecule has 2 aromatic carbocycles. The summed E-state index contributed by atoms with van der Waals surface area (Å²) in [4.78, 5) is 18.3. The zero-order valence-electron chi connectivity index (χ0n) is 17.8. The monoisotopic (exact) mass is 470 g/mol. The lowest BCUT2D eigenvalue weighted by Gasteiger charge is -2.15. The van der Waals surface area contributed by atoms with Crippen molar-refractivity contribution in [3.63, 3.8) is 0 Å². The number of sulfonamides is 1. The second-order valence-electron chi connectivity index (χ2n) is 7.25. The molecule has 0 saturated carbocycles. The fraction of sp³-hybridized carbons (Fsp3) is 0.182. The smallest absolute Gasteiger partial charge is 0.242 e. The van der Waals surface area contributed by atoms with Gasteiger partial charge in [-0.15, -0.1) is 11.3 Å². The first-order valence-electron chi connectivity index (χ1n) is 9.71. The Labute approximate surface area is 190 Å². The minimum atomic E-state index is -3.65. The molecule has 10 heteroatoms. The lowest BCUT2D eigenvalue weighted by atomic mass is 10.2. The highest BCUT2D eigenvalue weighted by molar-refractivity contribution is 7.89. The second-order valence-corrected chi connectivity index (χ2v) is 10.2. The van der Waals surface area contributed by atoms with Crippen LogP contribution in [0.25, 0.3) is 16.2 Å². The molecule has 1 amide bonds. The van der Waals surface area contributed by atoms with Crippen molar-refractivity contribution in [2.45, 2.75) is 11.3 Å². The predicted octanol–water partition coefficient (Wildman–Crippen LogP) is 3.50. The maximum atomic E-state index is 12.8. The Morgan fingerprint density at radius 2 is 1.94 bits per heavy atom. The summed E-state index contributed by atoms with van der Waals surface area (Å²) in [5.41, 5.74) is 2.92. The molecule has 0 saturated heterocycles. The van der Waals surface area contributed by atoms with Gasteiger partial charge in [0.15, 0.2) is 4.96 Å². The molecule has 0 atom stereocenters. The highest BCUT2D eigenvalue weighted by Gasteiger charge is 2.20. The van der Waals surface area contributed by atoms with Crippen LogP contribution in [0.15, 0.2) is 65.0 Å². The van der Waals surface area contributed by atoms with Gasteiger partial charge >= 0.3 is 0 Å². The molecule has 0 unspecified atom stereocenters. The number of nitrogens with one attached hydrogen (secondary N) is 1. The molecule has 0 bridgehead atoms. The van der Waals surface area contributed by atoms with E-state index in [0.29, 0.717) is 11.4 Å². The largest absolute Gasteiger partial charge is 0.495 e. The highest BCUT2D eigenvalue weighted by atomic mass is 32.2. The van der Waals surface area contributed by atoms with Gasteiger partial charge in [0.05, 0.1) is 29.8 Å². The molecule has 1 N–H and O–H groups in total. The van der Waals surface area contributed by atoms with Crippen LogP contribution in [0.4, 0.5) is 5.69 Å². The topological polar surface area (TPSA) is 93.0 Å². The minimum Gasteiger partial charge on any atom is -0.495 e. The van der Waals surface area contributed by atoms with Crippen LogP contribution >= 0.6 is 11.3 Å². The summed E-state index contributed by atoms with van der Waals surface area (Å²) in [6.45, 7) is 0. The van der Waals surface area contributed by atoms with Crippen molar-refractivity contribution in [2.24, 2.45) is 0 Å². The molecule has 0 spiro atoms. The third kappa shape index (κ3) is 4.24. The van der Waals surface area contributed by atoms with Crippen LogP contribution in [0.5, 0.6) is 5.75 Å². The van der Waals surface area contributed by atoms with Gasteiger partial charge < -0.3 is 10.1 Å². The van der Waals surface area contributed by atoms with Crippen molar-refractivity contribution in [3.05, 3.63) is 65.8 Å². The lowest BCUT2D eigenvalue weighted by molar-refractivity contribution is -0.115. The number of anilines is 1. The Morgan fingerprint density at radius 1 is 1.19 bits per heavy atom. The maximum absolute atomic E-state index is 12.8. The quantitative estimate of drug-likeness (QED) is 0.446. The molecule has 166 valence electrons. The number of hydrogen-bond donors (Lipinski definition) is 1. The fourth-order valence-electron chi connectivity index (χ4n) is 3.22. The van der Waals surface area contributed by atoms with Crippen molar-refractivity contribution in [3.8, 4) is 17.0 Å². The Bertz CT molecular complexity index is 1380. The van der Waals surface area contributed by atoms with E-state index in [4.69, 9.17) is 4.74 Å². The SMILES string of the molecule is COc1ccc(S(=O)(=O)N(C)C)cc1NC(=O)Cc1csc2nc(-c3ccccc3)cn12. The Hall–Kier alpha value is -3.21. The molecule has 0 aliphatic heterocycles. The third-order valence-electron chi connectivity index (χ3n) is 4.92. The molecule has 32 heavy (non-hydrogen) atoms. The standard InChI is InChI=1S/C22H22N4O4S2/c1-25(2)32(28,29)17-9-10-20(30-3)18(12-17)23-21(27)11-16-14-31-22-24-19(13-26(16)22)15-7-5-4-6-8-15/h4-10,12-14H,11H2,1-3H3,(H,23,27). The summed E-state index contributed by atoms with van der Waals surface area (Å²) in [5.74, 6) is 0.0814. The number of methoxy groups -OCH3 is 1. The average Bonchev–Trinajstić information content (AvgIpc) is 3.36. The Balaban J connectivity index is 1.58. The molecular weight excluding hydrogens is 448 g/mol. The normalized spacial score (nSPS) is 11.8. The number of fused-ring (bicyclic) bond motifs is 1. The number of hydrogen-bond acceptors (Lipinski definition) is 6. The van der Waals surface area contributed by atoms with Crippen LogP contribution in [-0.2, 0) is 21.2 Å². The predicted molar refractivity (Wildman–Crippen MR) is 125 cm³/mol. The Kier molecular flexibility index (Phi) is 6.00. The van der Waals surface area contributed by atoms with Gasteiger partial charge in [-0.2, -0.15) is 0 Å². The van der Waals surface area contributed by atoms with Crippen LogP contribution in [0, 0.1) is 0 Å². The first-order valence-corrected chi connectivity index (χ1v) is 12.0. The number of amides is 1. The number of carbonyl (C=O) groups excluding carboxylic acids is 1. The minimum absolute atomic E-state index is 0.0682. The van der Waals surface area contributed by atoms with Crippen molar-refractivity contribution in [2.75, 3.05) is 26.5 Å². The van der Waals surface area contributed by atoms with E-state index in [1.54, 1.807) is 0 Å². The van der Waals surface area contributed by atoms with Crippen LogP contribution in [0.3, 0.4) is 0 Å². The van der Waals surface area contributed by atoms with E-state index in [0.717, 1.165) is 26.2 Å². The molecule has 0 aliphatic rings. The number of ether oxygens (including phenoxy) is 1. The number of thiazole rings is 1. The molecule has 4 aromatic rings. The maximum Gasteiger partial charge on any atom is 0.242 e. The van der Waals surface area contributed by atoms with E-state index < -0.39 is 10.0 Å². The zero-order valence-corrected chi connectivity index (χ0v) is 19.4. The van der Waals surface area contributed by atoms with Crippen LogP contribution in [0.1, 0.15) is 5.69 Å². The van der Waals surface area contributed by atoms with Crippen molar-refractivity contribution in [1.29, 1.82) is 0 Å². The van der Waals surface area contributed by atoms with Gasteiger partial charge in [0.2, 0.25) is 15.9 Å². The summed E-state index contributed by atoms with van der Waals surface area (Å²) in [6, 6.07) is 14.2. The molecule has 4 rings (SSSR count). The number of nitrogens with zero attached hydrogens (tertiary/aromatic N) is 3. The second kappa shape index (κ2) is 8.73. The number of aromatic nitrogens is 2. The van der Waals surface area contributed by atoms with E-state index in [2.05, 4.69) is 10.3 Å². The van der Waals surface area contributed by atoms with Gasteiger partial charge in [0.1, 0.15) is 5.75 Å². The summed E-state index contributed by atoms with van der Waals surface area (Å²) in [6.07, 6.45) is 2.01. The molecule has 0 radical (unpaired) electrons. The first-order chi connectivity index (χ1) is 15.3.